The van der Waals surface area contributed by atoms with Gasteiger partial charge in [0.2, 0.25) is 10.0 Å². The van der Waals surface area contributed by atoms with Crippen LogP contribution in [0.4, 0.5) is 0 Å². The minimum Gasteiger partial charge on any atom is -0.334 e. The van der Waals surface area contributed by atoms with Gasteiger partial charge in [0.05, 0.1) is 4.90 Å². The summed E-state index contributed by atoms with van der Waals surface area (Å²) >= 11 is 0. The van der Waals surface area contributed by atoms with Gasteiger partial charge >= 0.3 is 0 Å². The van der Waals surface area contributed by atoms with Gasteiger partial charge < -0.3 is 10.6 Å². The zero-order chi connectivity index (χ0) is 16.4. The fraction of sp³-hybridized carbons (Fsp3) is 0.562. The summed E-state index contributed by atoms with van der Waals surface area (Å²) < 4.78 is 27.2. The largest absolute Gasteiger partial charge is 0.334 e. The van der Waals surface area contributed by atoms with Crippen molar-refractivity contribution in [1.29, 1.82) is 0 Å². The molecule has 1 atom stereocenters. The van der Waals surface area contributed by atoms with Crippen LogP contribution in [0, 0.1) is 0 Å². The number of piperidine rings is 1. The van der Waals surface area contributed by atoms with Gasteiger partial charge in [-0.15, -0.1) is 12.4 Å². The molecule has 2 fully saturated rings. The van der Waals surface area contributed by atoms with Crippen LogP contribution in [0.5, 0.6) is 0 Å². The molecular formula is C16H24ClN3O3S. The van der Waals surface area contributed by atoms with E-state index < -0.39 is 10.0 Å². The first-order chi connectivity index (χ1) is 11.0. The number of carbonyl (C=O) groups excluding carboxylic acids is 1. The minimum absolute atomic E-state index is 0. The highest BCUT2D eigenvalue weighted by atomic mass is 35.5. The van der Waals surface area contributed by atoms with E-state index in [1.54, 1.807) is 17.0 Å². The Bertz CT molecular complexity index is 692. The molecule has 1 aliphatic carbocycles. The Hall–Kier alpha value is -1.15. The first-order valence-electron chi connectivity index (χ1n) is 8.15. The fourth-order valence-electron chi connectivity index (χ4n) is 2.96. The standard InChI is InChI=1S/C16H23N3O3S.ClH/c17-11-14-5-1-2-9-19(14)16(20)12-4-3-6-15(10-12)23(21,22)18-13-7-8-13;/h3-4,6,10,13-14,18H,1-2,5,7-9,11,17H2;1H. The molecule has 24 heavy (non-hydrogen) atoms. The van der Waals surface area contributed by atoms with E-state index in [1.165, 1.54) is 12.1 Å². The van der Waals surface area contributed by atoms with Crippen molar-refractivity contribution in [3.8, 4) is 0 Å². The Balaban J connectivity index is 0.00000208. The summed E-state index contributed by atoms with van der Waals surface area (Å²) in [4.78, 5) is 14.7. The maximum absolute atomic E-state index is 12.7. The van der Waals surface area contributed by atoms with E-state index in [0.717, 1.165) is 32.1 Å². The number of nitrogens with zero attached hydrogens (tertiary/aromatic N) is 1. The van der Waals surface area contributed by atoms with Crippen molar-refractivity contribution in [2.75, 3.05) is 13.1 Å². The van der Waals surface area contributed by atoms with E-state index in [0.29, 0.717) is 18.7 Å². The average molecular weight is 374 g/mol. The first-order valence-corrected chi connectivity index (χ1v) is 9.63. The van der Waals surface area contributed by atoms with Crippen molar-refractivity contribution in [1.82, 2.24) is 9.62 Å². The molecule has 1 aliphatic heterocycles. The van der Waals surface area contributed by atoms with Gasteiger partial charge in [-0.1, -0.05) is 6.07 Å². The molecule has 3 rings (SSSR count). The molecule has 1 saturated heterocycles. The van der Waals surface area contributed by atoms with Gasteiger partial charge in [0.15, 0.2) is 0 Å². The molecule has 1 heterocycles. The predicted octanol–water partition coefficient (Wildman–Crippen LogP) is 1.50. The monoisotopic (exact) mass is 373 g/mol. The molecular weight excluding hydrogens is 350 g/mol. The summed E-state index contributed by atoms with van der Waals surface area (Å²) in [6.07, 6.45) is 4.70. The van der Waals surface area contributed by atoms with E-state index in [9.17, 15) is 13.2 Å². The van der Waals surface area contributed by atoms with Crippen molar-refractivity contribution >= 4 is 28.3 Å². The average Bonchev–Trinajstić information content (AvgIpc) is 3.37. The molecule has 3 N–H and O–H groups in total. The number of nitrogens with one attached hydrogen (secondary N) is 1. The predicted molar refractivity (Wildman–Crippen MR) is 94.8 cm³/mol. The van der Waals surface area contributed by atoms with Crippen LogP contribution >= 0.6 is 12.4 Å². The Morgan fingerprint density at radius 3 is 2.67 bits per heavy atom. The van der Waals surface area contributed by atoms with E-state index in [1.807, 2.05) is 0 Å². The molecule has 1 saturated carbocycles. The number of hydrogen-bond acceptors (Lipinski definition) is 4. The molecule has 1 aromatic carbocycles. The number of hydrogen-bond donors (Lipinski definition) is 2. The van der Waals surface area contributed by atoms with Gasteiger partial charge in [0.25, 0.3) is 5.91 Å². The molecule has 8 heteroatoms. The van der Waals surface area contributed by atoms with Gasteiger partial charge in [0.1, 0.15) is 0 Å². The summed E-state index contributed by atoms with van der Waals surface area (Å²) in [6, 6.07) is 6.37. The van der Waals surface area contributed by atoms with Crippen LogP contribution in [-0.2, 0) is 10.0 Å². The number of benzene rings is 1. The molecule has 0 radical (unpaired) electrons. The van der Waals surface area contributed by atoms with Gasteiger partial charge in [-0.25, -0.2) is 13.1 Å². The SMILES string of the molecule is Cl.NCC1CCCCN1C(=O)c1cccc(S(=O)(=O)NC2CC2)c1. The van der Waals surface area contributed by atoms with Crippen LogP contribution in [-0.4, -0.2) is 44.4 Å². The number of nitrogens with two attached hydrogens (primary N) is 1. The van der Waals surface area contributed by atoms with Gasteiger partial charge in [-0.05, 0) is 50.3 Å². The second kappa shape index (κ2) is 7.82. The normalized spacial score (nSPS) is 21.2. The molecule has 6 nitrogen and oxygen atoms in total. The molecule has 1 unspecified atom stereocenters. The topological polar surface area (TPSA) is 92.5 Å². The van der Waals surface area contributed by atoms with E-state index >= 15 is 0 Å². The Labute approximate surface area is 149 Å². The Morgan fingerprint density at radius 2 is 2.00 bits per heavy atom. The van der Waals surface area contributed by atoms with E-state index in [4.69, 9.17) is 5.73 Å². The lowest BCUT2D eigenvalue weighted by Crippen LogP contribution is -2.47. The van der Waals surface area contributed by atoms with Gasteiger partial charge in [-0.3, -0.25) is 4.79 Å². The van der Waals surface area contributed by atoms with Crippen molar-refractivity contribution < 1.29 is 13.2 Å². The number of halogens is 1. The third kappa shape index (κ3) is 4.27. The van der Waals surface area contributed by atoms with Crippen molar-refractivity contribution in [2.24, 2.45) is 5.73 Å². The number of rotatable bonds is 5. The highest BCUT2D eigenvalue weighted by Crippen LogP contribution is 2.24. The lowest BCUT2D eigenvalue weighted by Gasteiger charge is -2.35. The van der Waals surface area contributed by atoms with Crippen molar-refractivity contribution in [2.45, 2.75) is 49.1 Å². The van der Waals surface area contributed by atoms with Crippen molar-refractivity contribution in [3.63, 3.8) is 0 Å². The minimum atomic E-state index is -3.55. The summed E-state index contributed by atoms with van der Waals surface area (Å²) in [5, 5.41) is 0. The van der Waals surface area contributed by atoms with Gasteiger partial charge in [-0.2, -0.15) is 0 Å². The van der Waals surface area contributed by atoms with Crippen LogP contribution in [0.2, 0.25) is 0 Å². The third-order valence-electron chi connectivity index (χ3n) is 4.45. The highest BCUT2D eigenvalue weighted by Gasteiger charge is 2.30. The maximum atomic E-state index is 12.7. The molecule has 0 spiro atoms. The number of sulfonamides is 1. The Morgan fingerprint density at radius 1 is 1.25 bits per heavy atom. The van der Waals surface area contributed by atoms with Crippen LogP contribution < -0.4 is 10.5 Å². The van der Waals surface area contributed by atoms with Crippen LogP contribution in [0.25, 0.3) is 0 Å². The second-order valence-corrected chi connectivity index (χ2v) is 8.02. The smallest absolute Gasteiger partial charge is 0.254 e. The van der Waals surface area contributed by atoms with Gasteiger partial charge in [0, 0.05) is 30.7 Å². The van der Waals surface area contributed by atoms with Crippen LogP contribution in [0.15, 0.2) is 29.2 Å². The zero-order valence-electron chi connectivity index (χ0n) is 13.5. The zero-order valence-corrected chi connectivity index (χ0v) is 15.1. The summed E-state index contributed by atoms with van der Waals surface area (Å²) in [6.45, 7) is 1.12. The van der Waals surface area contributed by atoms with Crippen LogP contribution in [0.3, 0.4) is 0 Å². The lowest BCUT2D eigenvalue weighted by molar-refractivity contribution is 0.0623. The molecule has 1 amide bonds. The Kier molecular flexibility index (Phi) is 6.25. The second-order valence-electron chi connectivity index (χ2n) is 6.31. The number of amides is 1. The van der Waals surface area contributed by atoms with E-state index in [2.05, 4.69) is 4.72 Å². The molecule has 0 aromatic heterocycles. The summed E-state index contributed by atoms with van der Waals surface area (Å²) in [5.41, 5.74) is 6.18. The number of carbonyl (C=O) groups is 1. The number of likely N-dealkylation sites (tertiary alicyclic amines) is 1. The summed E-state index contributed by atoms with van der Waals surface area (Å²) in [7, 11) is -3.55. The lowest BCUT2D eigenvalue weighted by atomic mass is 10.0. The molecule has 2 aliphatic rings. The van der Waals surface area contributed by atoms with Crippen LogP contribution in [0.1, 0.15) is 42.5 Å². The first kappa shape index (κ1) is 19.2. The maximum Gasteiger partial charge on any atom is 0.254 e. The summed E-state index contributed by atoms with van der Waals surface area (Å²) in [5.74, 6) is -0.136. The van der Waals surface area contributed by atoms with E-state index in [-0.39, 0.29) is 35.3 Å². The molecule has 0 bridgehead atoms. The molecule has 134 valence electrons. The third-order valence-corrected chi connectivity index (χ3v) is 5.97. The quantitative estimate of drug-likeness (QED) is 0.818. The fourth-order valence-corrected chi connectivity index (χ4v) is 4.31. The van der Waals surface area contributed by atoms with Crippen molar-refractivity contribution in [3.05, 3.63) is 29.8 Å². The molecule has 1 aromatic rings. The highest BCUT2D eigenvalue weighted by molar-refractivity contribution is 7.89.